The molecule has 2 aromatic carbocycles. The number of nitrogens with zero attached hydrogens (tertiary/aromatic N) is 4. The van der Waals surface area contributed by atoms with Gasteiger partial charge in [0.15, 0.2) is 3.95 Å². The molecule has 4 nitrogen and oxygen atoms in total. The highest BCUT2D eigenvalue weighted by molar-refractivity contribution is 7.73. The quantitative estimate of drug-likeness (QED) is 0.599. The molecule has 27 heavy (non-hydrogen) atoms. The van der Waals surface area contributed by atoms with E-state index in [1.54, 1.807) is 11.3 Å². The fourth-order valence-electron chi connectivity index (χ4n) is 3.74. The van der Waals surface area contributed by atoms with E-state index in [0.29, 0.717) is 6.04 Å². The molecule has 6 heteroatoms. The van der Waals surface area contributed by atoms with Crippen LogP contribution in [0.1, 0.15) is 22.2 Å². The number of benzene rings is 2. The first kappa shape index (κ1) is 18.5. The summed E-state index contributed by atoms with van der Waals surface area (Å²) in [6, 6.07) is 22.0. The molecule has 1 saturated heterocycles. The zero-order chi connectivity index (χ0) is 18.6. The number of piperazine rings is 1. The van der Waals surface area contributed by atoms with Gasteiger partial charge in [0.05, 0.1) is 12.7 Å². The third kappa shape index (κ3) is 4.35. The molecule has 140 valence electrons. The highest BCUT2D eigenvalue weighted by atomic mass is 32.1. The summed E-state index contributed by atoms with van der Waals surface area (Å²) < 4.78 is 2.82. The second kappa shape index (κ2) is 8.44. The lowest BCUT2D eigenvalue weighted by atomic mass is 9.96. The van der Waals surface area contributed by atoms with Gasteiger partial charge in [-0.3, -0.25) is 9.80 Å². The Hall–Kier alpha value is -1.86. The molecule has 0 unspecified atom stereocenters. The topological polar surface area (TPSA) is 24.3 Å². The first-order valence-corrected chi connectivity index (χ1v) is 10.5. The molecule has 0 N–H and O–H groups in total. The second-order valence-electron chi connectivity index (χ2n) is 6.91. The van der Waals surface area contributed by atoms with E-state index in [4.69, 9.17) is 12.2 Å². The zero-order valence-electron chi connectivity index (χ0n) is 15.5. The van der Waals surface area contributed by atoms with Crippen molar-refractivity contribution in [3.8, 4) is 0 Å². The van der Waals surface area contributed by atoms with Crippen molar-refractivity contribution in [1.82, 2.24) is 19.6 Å². The number of aromatic nitrogens is 2. The van der Waals surface area contributed by atoms with Crippen molar-refractivity contribution in [1.29, 1.82) is 0 Å². The molecule has 0 bridgehead atoms. The number of rotatable bonds is 5. The predicted molar refractivity (Wildman–Crippen MR) is 114 cm³/mol. The maximum absolute atomic E-state index is 5.42. The molecule has 0 aliphatic carbocycles. The SMILES string of the molecule is Cc1nn(CN2CCN(C(c3ccccc3)c3ccccc3)CC2)c(=S)s1. The molecule has 1 aromatic heterocycles. The van der Waals surface area contributed by atoms with E-state index in [-0.39, 0.29) is 0 Å². The average molecular weight is 397 g/mol. The minimum absolute atomic E-state index is 0.304. The monoisotopic (exact) mass is 396 g/mol. The van der Waals surface area contributed by atoms with E-state index in [1.165, 1.54) is 11.1 Å². The van der Waals surface area contributed by atoms with Crippen LogP contribution in [0.2, 0.25) is 0 Å². The molecule has 4 rings (SSSR count). The predicted octanol–water partition coefficient (Wildman–Crippen LogP) is 4.35. The highest BCUT2D eigenvalue weighted by Crippen LogP contribution is 2.29. The Morgan fingerprint density at radius 3 is 1.96 bits per heavy atom. The van der Waals surface area contributed by atoms with Gasteiger partial charge in [-0.2, -0.15) is 5.10 Å². The van der Waals surface area contributed by atoms with Gasteiger partial charge in [-0.25, -0.2) is 4.68 Å². The van der Waals surface area contributed by atoms with Crippen LogP contribution in [0.4, 0.5) is 0 Å². The van der Waals surface area contributed by atoms with Crippen LogP contribution >= 0.6 is 23.6 Å². The number of aryl methyl sites for hydroxylation is 1. The molecule has 0 amide bonds. The van der Waals surface area contributed by atoms with Crippen LogP contribution in [0.25, 0.3) is 0 Å². The van der Waals surface area contributed by atoms with Gasteiger partial charge in [-0.1, -0.05) is 72.0 Å². The summed E-state index contributed by atoms with van der Waals surface area (Å²) in [4.78, 5) is 5.03. The van der Waals surface area contributed by atoms with Crippen molar-refractivity contribution in [2.75, 3.05) is 26.2 Å². The minimum atomic E-state index is 0.304. The fourth-order valence-corrected chi connectivity index (χ4v) is 4.79. The van der Waals surface area contributed by atoms with E-state index < -0.39 is 0 Å². The van der Waals surface area contributed by atoms with E-state index in [0.717, 1.165) is 41.8 Å². The lowest BCUT2D eigenvalue weighted by Crippen LogP contribution is -2.48. The van der Waals surface area contributed by atoms with Gasteiger partial charge >= 0.3 is 0 Å². The Morgan fingerprint density at radius 2 is 1.48 bits per heavy atom. The fraction of sp³-hybridized carbons (Fsp3) is 0.333. The molecule has 1 fully saturated rings. The Bertz CT molecular complexity index is 873. The first-order chi connectivity index (χ1) is 13.2. The Balaban J connectivity index is 1.49. The van der Waals surface area contributed by atoms with Crippen LogP contribution in [-0.4, -0.2) is 45.8 Å². The van der Waals surface area contributed by atoms with Crippen molar-refractivity contribution < 1.29 is 0 Å². The van der Waals surface area contributed by atoms with Gasteiger partial charge in [-0.15, -0.1) is 0 Å². The van der Waals surface area contributed by atoms with Gasteiger partial charge in [0.1, 0.15) is 5.01 Å². The van der Waals surface area contributed by atoms with Crippen molar-refractivity contribution in [2.24, 2.45) is 0 Å². The minimum Gasteiger partial charge on any atom is -0.290 e. The van der Waals surface area contributed by atoms with Crippen LogP contribution < -0.4 is 0 Å². The molecule has 1 aliphatic rings. The van der Waals surface area contributed by atoms with Gasteiger partial charge in [0, 0.05) is 26.2 Å². The summed E-state index contributed by atoms with van der Waals surface area (Å²) >= 11 is 7.00. The second-order valence-corrected chi connectivity index (χ2v) is 8.73. The van der Waals surface area contributed by atoms with Crippen LogP contribution in [0, 0.1) is 10.9 Å². The normalized spacial score (nSPS) is 16.1. The van der Waals surface area contributed by atoms with E-state index in [1.807, 2.05) is 11.6 Å². The van der Waals surface area contributed by atoms with E-state index in [9.17, 15) is 0 Å². The standard InChI is InChI=1S/C21H24N4S2/c1-17-22-25(21(26)27-17)16-23-12-14-24(15-13-23)20(18-8-4-2-5-9-18)19-10-6-3-7-11-19/h2-11,20H,12-16H2,1H3. The molecule has 0 saturated carbocycles. The summed E-state index contributed by atoms with van der Waals surface area (Å²) in [6.45, 7) is 6.91. The summed E-state index contributed by atoms with van der Waals surface area (Å²) in [6.07, 6.45) is 0. The average Bonchev–Trinajstić information content (AvgIpc) is 3.02. The van der Waals surface area contributed by atoms with Crippen molar-refractivity contribution in [2.45, 2.75) is 19.6 Å². The van der Waals surface area contributed by atoms with Gasteiger partial charge in [0.25, 0.3) is 0 Å². The molecule has 3 aromatic rings. The summed E-state index contributed by atoms with van der Waals surface area (Å²) in [5.41, 5.74) is 2.71. The van der Waals surface area contributed by atoms with Crippen LogP contribution in [0.3, 0.4) is 0 Å². The smallest absolute Gasteiger partial charge is 0.180 e. The van der Waals surface area contributed by atoms with E-state index >= 15 is 0 Å². The molecular formula is C21H24N4S2. The van der Waals surface area contributed by atoms with Gasteiger partial charge < -0.3 is 0 Å². The third-order valence-electron chi connectivity index (χ3n) is 5.04. The molecule has 1 aliphatic heterocycles. The summed E-state index contributed by atoms with van der Waals surface area (Å²) in [5, 5.41) is 5.56. The first-order valence-electron chi connectivity index (χ1n) is 9.31. The van der Waals surface area contributed by atoms with Crippen LogP contribution in [0.15, 0.2) is 60.7 Å². The van der Waals surface area contributed by atoms with Crippen molar-refractivity contribution in [3.63, 3.8) is 0 Å². The largest absolute Gasteiger partial charge is 0.290 e. The lowest BCUT2D eigenvalue weighted by Gasteiger charge is -2.39. The third-order valence-corrected chi connectivity index (χ3v) is 6.27. The van der Waals surface area contributed by atoms with Crippen LogP contribution in [0.5, 0.6) is 0 Å². The number of hydrogen-bond donors (Lipinski definition) is 0. The highest BCUT2D eigenvalue weighted by Gasteiger charge is 2.26. The Morgan fingerprint density at radius 1 is 0.926 bits per heavy atom. The Labute approximate surface area is 169 Å². The molecular weight excluding hydrogens is 372 g/mol. The Kier molecular flexibility index (Phi) is 5.78. The molecule has 0 radical (unpaired) electrons. The number of hydrogen-bond acceptors (Lipinski definition) is 5. The zero-order valence-corrected chi connectivity index (χ0v) is 17.1. The van der Waals surface area contributed by atoms with Crippen molar-refractivity contribution >= 4 is 23.6 Å². The van der Waals surface area contributed by atoms with E-state index in [2.05, 4.69) is 75.6 Å². The van der Waals surface area contributed by atoms with Gasteiger partial charge in [-0.05, 0) is 30.3 Å². The lowest BCUT2D eigenvalue weighted by molar-refractivity contribution is 0.0846. The summed E-state index contributed by atoms with van der Waals surface area (Å²) in [5.74, 6) is 0. The maximum Gasteiger partial charge on any atom is 0.180 e. The molecule has 0 spiro atoms. The van der Waals surface area contributed by atoms with Gasteiger partial charge in [0.2, 0.25) is 0 Å². The summed E-state index contributed by atoms with van der Waals surface area (Å²) in [7, 11) is 0. The molecule has 0 atom stereocenters. The van der Waals surface area contributed by atoms with Crippen molar-refractivity contribution in [3.05, 3.63) is 80.8 Å². The van der Waals surface area contributed by atoms with Crippen LogP contribution in [-0.2, 0) is 6.67 Å². The molecule has 2 heterocycles. The maximum atomic E-state index is 5.42.